The van der Waals surface area contributed by atoms with Gasteiger partial charge < -0.3 is 15.7 Å². The number of aliphatic hydroxyl groups is 1. The molecule has 0 aromatic rings. The number of aliphatic hydroxyl groups excluding tert-OH is 1. The van der Waals surface area contributed by atoms with E-state index in [2.05, 4.69) is 31.4 Å². The minimum atomic E-state index is -0.143. The molecule has 1 rings (SSSR count). The zero-order valence-electron chi connectivity index (χ0n) is 10.3. The van der Waals surface area contributed by atoms with Gasteiger partial charge in [-0.1, -0.05) is 20.8 Å². The van der Waals surface area contributed by atoms with Gasteiger partial charge in [0, 0.05) is 24.7 Å². The first kappa shape index (κ1) is 12.9. The summed E-state index contributed by atoms with van der Waals surface area (Å²) < 4.78 is 0. The van der Waals surface area contributed by atoms with Gasteiger partial charge in [-0.2, -0.15) is 0 Å². The van der Waals surface area contributed by atoms with E-state index in [1.165, 1.54) is 19.3 Å². The van der Waals surface area contributed by atoms with E-state index in [4.69, 9.17) is 0 Å². The molecule has 0 spiro atoms. The third-order valence-electron chi connectivity index (χ3n) is 3.95. The van der Waals surface area contributed by atoms with Crippen molar-refractivity contribution in [2.45, 2.75) is 64.1 Å². The van der Waals surface area contributed by atoms with Gasteiger partial charge >= 0.3 is 0 Å². The van der Waals surface area contributed by atoms with Gasteiger partial charge in [-0.15, -0.1) is 0 Å². The number of hydrogen-bond acceptors (Lipinski definition) is 3. The molecule has 0 saturated carbocycles. The molecule has 1 heterocycles. The van der Waals surface area contributed by atoms with E-state index >= 15 is 0 Å². The molecule has 0 aliphatic carbocycles. The molecule has 2 unspecified atom stereocenters. The third-order valence-corrected chi connectivity index (χ3v) is 3.95. The van der Waals surface area contributed by atoms with Crippen molar-refractivity contribution in [1.29, 1.82) is 0 Å². The molecule has 2 atom stereocenters. The van der Waals surface area contributed by atoms with Crippen LogP contribution < -0.4 is 10.6 Å². The first-order valence-electron chi connectivity index (χ1n) is 6.32. The summed E-state index contributed by atoms with van der Waals surface area (Å²) in [5.74, 6) is 0. The van der Waals surface area contributed by atoms with E-state index in [0.29, 0.717) is 11.6 Å². The highest BCUT2D eigenvalue weighted by molar-refractivity contribution is 4.89. The van der Waals surface area contributed by atoms with Crippen molar-refractivity contribution in [2.75, 3.05) is 13.1 Å². The van der Waals surface area contributed by atoms with Gasteiger partial charge in [0.15, 0.2) is 0 Å². The molecule has 1 saturated heterocycles. The SMILES string of the molecule is CCC(CC)(CC)NCC1CC(O)CN1. The Balaban J connectivity index is 2.33. The Morgan fingerprint density at radius 2 is 1.87 bits per heavy atom. The predicted molar refractivity (Wildman–Crippen MR) is 64.0 cm³/mol. The van der Waals surface area contributed by atoms with Crippen LogP contribution in [0.15, 0.2) is 0 Å². The fourth-order valence-corrected chi connectivity index (χ4v) is 2.42. The number of β-amino-alcohol motifs (C(OH)–C–C–N with tert-alkyl or cyclic N) is 1. The molecule has 90 valence electrons. The molecule has 3 nitrogen and oxygen atoms in total. The maximum Gasteiger partial charge on any atom is 0.0680 e. The van der Waals surface area contributed by atoms with Crippen LogP contribution >= 0.6 is 0 Å². The molecule has 3 N–H and O–H groups in total. The van der Waals surface area contributed by atoms with Gasteiger partial charge in [-0.05, 0) is 25.7 Å². The molecule has 0 amide bonds. The zero-order chi connectivity index (χ0) is 11.3. The van der Waals surface area contributed by atoms with Crippen molar-refractivity contribution in [3.05, 3.63) is 0 Å². The second kappa shape index (κ2) is 5.83. The fraction of sp³-hybridized carbons (Fsp3) is 1.00. The van der Waals surface area contributed by atoms with Crippen molar-refractivity contribution in [1.82, 2.24) is 10.6 Å². The number of hydrogen-bond donors (Lipinski definition) is 3. The summed E-state index contributed by atoms with van der Waals surface area (Å²) in [6.45, 7) is 8.47. The standard InChI is InChI=1S/C12H26N2O/c1-4-12(5-2,6-3)14-8-10-7-11(15)9-13-10/h10-11,13-15H,4-9H2,1-3H3. The minimum absolute atomic E-state index is 0.143. The maximum atomic E-state index is 9.41. The van der Waals surface area contributed by atoms with Crippen LogP contribution in [0.5, 0.6) is 0 Å². The number of rotatable bonds is 6. The lowest BCUT2D eigenvalue weighted by molar-refractivity contribution is 0.191. The van der Waals surface area contributed by atoms with Crippen molar-refractivity contribution in [3.63, 3.8) is 0 Å². The molecule has 1 aliphatic rings. The first-order chi connectivity index (χ1) is 7.15. The second-order valence-corrected chi connectivity index (χ2v) is 4.72. The van der Waals surface area contributed by atoms with Crippen LogP contribution in [0.1, 0.15) is 46.5 Å². The van der Waals surface area contributed by atoms with E-state index < -0.39 is 0 Å². The first-order valence-corrected chi connectivity index (χ1v) is 6.32. The average molecular weight is 214 g/mol. The Labute approximate surface area is 93.6 Å². The zero-order valence-corrected chi connectivity index (χ0v) is 10.3. The van der Waals surface area contributed by atoms with E-state index in [1.807, 2.05) is 0 Å². The molecule has 1 aliphatic heterocycles. The second-order valence-electron chi connectivity index (χ2n) is 4.72. The molecule has 0 bridgehead atoms. The molecular weight excluding hydrogens is 188 g/mol. The maximum absolute atomic E-state index is 9.41. The lowest BCUT2D eigenvalue weighted by Gasteiger charge is -2.33. The van der Waals surface area contributed by atoms with Crippen molar-refractivity contribution in [2.24, 2.45) is 0 Å². The molecule has 3 heteroatoms. The van der Waals surface area contributed by atoms with E-state index in [1.54, 1.807) is 0 Å². The average Bonchev–Trinajstić information content (AvgIpc) is 2.67. The lowest BCUT2D eigenvalue weighted by Crippen LogP contribution is -2.48. The molecule has 0 radical (unpaired) electrons. The molecule has 0 aromatic carbocycles. The van der Waals surface area contributed by atoms with Crippen molar-refractivity contribution in [3.8, 4) is 0 Å². The van der Waals surface area contributed by atoms with Crippen LogP contribution in [0.2, 0.25) is 0 Å². The molecule has 0 aromatic heterocycles. The lowest BCUT2D eigenvalue weighted by atomic mass is 9.89. The van der Waals surface area contributed by atoms with E-state index in [9.17, 15) is 5.11 Å². The Kier molecular flexibility index (Phi) is 5.03. The summed E-state index contributed by atoms with van der Waals surface area (Å²) in [6, 6.07) is 0.448. The van der Waals surface area contributed by atoms with Crippen LogP contribution in [-0.2, 0) is 0 Å². The highest BCUT2D eigenvalue weighted by Gasteiger charge is 2.27. The van der Waals surface area contributed by atoms with E-state index in [0.717, 1.165) is 19.5 Å². The molecular formula is C12H26N2O. The Morgan fingerprint density at radius 1 is 1.27 bits per heavy atom. The quantitative estimate of drug-likeness (QED) is 0.624. The van der Waals surface area contributed by atoms with Gasteiger partial charge in [0.2, 0.25) is 0 Å². The third kappa shape index (κ3) is 3.44. The number of nitrogens with one attached hydrogen (secondary N) is 2. The predicted octanol–water partition coefficient (Wildman–Crippen LogP) is 1.27. The van der Waals surface area contributed by atoms with Crippen molar-refractivity contribution < 1.29 is 5.11 Å². The highest BCUT2D eigenvalue weighted by Crippen LogP contribution is 2.19. The summed E-state index contributed by atoms with van der Waals surface area (Å²) in [6.07, 6.45) is 4.27. The fourth-order valence-electron chi connectivity index (χ4n) is 2.42. The largest absolute Gasteiger partial charge is 0.392 e. The van der Waals surface area contributed by atoms with Crippen LogP contribution in [0, 0.1) is 0 Å². The van der Waals surface area contributed by atoms with E-state index in [-0.39, 0.29) is 6.10 Å². The van der Waals surface area contributed by atoms with Crippen LogP contribution in [-0.4, -0.2) is 35.9 Å². The Bertz CT molecular complexity index is 172. The summed E-state index contributed by atoms with van der Waals surface area (Å²) in [4.78, 5) is 0. The van der Waals surface area contributed by atoms with Gasteiger partial charge in [0.25, 0.3) is 0 Å². The summed E-state index contributed by atoms with van der Waals surface area (Å²) >= 11 is 0. The highest BCUT2D eigenvalue weighted by atomic mass is 16.3. The minimum Gasteiger partial charge on any atom is -0.392 e. The van der Waals surface area contributed by atoms with Crippen molar-refractivity contribution >= 4 is 0 Å². The van der Waals surface area contributed by atoms with Gasteiger partial charge in [0.1, 0.15) is 0 Å². The van der Waals surface area contributed by atoms with Crippen LogP contribution in [0.25, 0.3) is 0 Å². The van der Waals surface area contributed by atoms with Crippen LogP contribution in [0.4, 0.5) is 0 Å². The molecule has 1 fully saturated rings. The molecule has 15 heavy (non-hydrogen) atoms. The van der Waals surface area contributed by atoms with Crippen LogP contribution in [0.3, 0.4) is 0 Å². The summed E-state index contributed by atoms with van der Waals surface area (Å²) in [5, 5.41) is 16.4. The van der Waals surface area contributed by atoms with Gasteiger partial charge in [-0.25, -0.2) is 0 Å². The van der Waals surface area contributed by atoms with Gasteiger partial charge in [0.05, 0.1) is 6.10 Å². The van der Waals surface area contributed by atoms with Gasteiger partial charge in [-0.3, -0.25) is 0 Å². The Morgan fingerprint density at radius 3 is 2.27 bits per heavy atom. The summed E-state index contributed by atoms with van der Waals surface area (Å²) in [7, 11) is 0. The normalized spacial score (nSPS) is 27.2. The monoisotopic (exact) mass is 214 g/mol. The Hall–Kier alpha value is -0.120. The summed E-state index contributed by atoms with van der Waals surface area (Å²) in [5.41, 5.74) is 0.301. The smallest absolute Gasteiger partial charge is 0.0680 e. The topological polar surface area (TPSA) is 44.3 Å².